The maximum Gasteiger partial charge on any atom is 0.147 e. The van der Waals surface area contributed by atoms with Crippen molar-refractivity contribution < 1.29 is 8.42 Å². The van der Waals surface area contributed by atoms with E-state index in [9.17, 15) is 8.42 Å². The molecule has 1 unspecified atom stereocenters. The second kappa shape index (κ2) is 7.12. The Hall–Kier alpha value is -0.580. The van der Waals surface area contributed by atoms with Crippen molar-refractivity contribution in [3.05, 3.63) is 34.9 Å². The fourth-order valence-electron chi connectivity index (χ4n) is 2.01. The van der Waals surface area contributed by atoms with Crippen LogP contribution in [0, 0.1) is 0 Å². The van der Waals surface area contributed by atoms with Gasteiger partial charge in [-0.15, -0.1) is 0 Å². The van der Waals surface area contributed by atoms with Crippen molar-refractivity contribution in [2.45, 2.75) is 18.8 Å². The van der Waals surface area contributed by atoms with Gasteiger partial charge in [0.1, 0.15) is 9.84 Å². The highest BCUT2D eigenvalue weighted by Crippen LogP contribution is 2.27. The summed E-state index contributed by atoms with van der Waals surface area (Å²) < 4.78 is 22.3. The van der Waals surface area contributed by atoms with Crippen molar-refractivity contribution >= 4 is 21.4 Å². The number of sulfone groups is 1. The topological polar surface area (TPSA) is 46.2 Å². The third-order valence-electron chi connectivity index (χ3n) is 2.86. The van der Waals surface area contributed by atoms with E-state index in [-0.39, 0.29) is 11.7 Å². The van der Waals surface area contributed by atoms with Crippen molar-refractivity contribution in [3.63, 3.8) is 0 Å². The third-order valence-corrected chi connectivity index (χ3v) is 4.24. The second-order valence-corrected chi connectivity index (χ2v) is 7.22. The van der Waals surface area contributed by atoms with Crippen molar-refractivity contribution in [1.29, 1.82) is 0 Å². The summed E-state index contributed by atoms with van der Waals surface area (Å²) in [4.78, 5) is 0. The lowest BCUT2D eigenvalue weighted by Crippen LogP contribution is -2.18. The van der Waals surface area contributed by atoms with Crippen molar-refractivity contribution in [1.82, 2.24) is 5.32 Å². The minimum atomic E-state index is -2.88. The van der Waals surface area contributed by atoms with E-state index < -0.39 is 9.84 Å². The Kier molecular flexibility index (Phi) is 6.12. The zero-order valence-electron chi connectivity index (χ0n) is 10.8. The molecule has 0 bridgehead atoms. The van der Waals surface area contributed by atoms with E-state index in [1.165, 1.54) is 6.26 Å². The summed E-state index contributed by atoms with van der Waals surface area (Å²) in [7, 11) is -0.991. The van der Waals surface area contributed by atoms with Crippen LogP contribution in [-0.4, -0.2) is 34.0 Å². The Bertz CT molecular complexity index is 474. The number of halogens is 1. The first-order chi connectivity index (χ1) is 8.44. The maximum absolute atomic E-state index is 11.1. The number of nitrogens with one attached hydrogen (secondary N) is 1. The molecule has 0 aliphatic heterocycles. The van der Waals surface area contributed by atoms with Gasteiger partial charge in [0, 0.05) is 23.6 Å². The summed E-state index contributed by atoms with van der Waals surface area (Å²) in [6, 6.07) is 7.74. The molecule has 0 aliphatic carbocycles. The SMILES string of the molecule is CNCC(CCCS(C)(=O)=O)c1ccccc1Cl. The molecular formula is C13H20ClNO2S. The summed E-state index contributed by atoms with van der Waals surface area (Å²) in [5.74, 6) is 0.489. The predicted molar refractivity (Wildman–Crippen MR) is 77.1 cm³/mol. The first-order valence-corrected chi connectivity index (χ1v) is 8.44. The van der Waals surface area contributed by atoms with Crippen LogP contribution in [0.2, 0.25) is 5.02 Å². The van der Waals surface area contributed by atoms with Gasteiger partial charge >= 0.3 is 0 Å². The van der Waals surface area contributed by atoms with Crippen LogP contribution in [0.3, 0.4) is 0 Å². The van der Waals surface area contributed by atoms with Gasteiger partial charge in [0.2, 0.25) is 0 Å². The smallest absolute Gasteiger partial charge is 0.147 e. The van der Waals surface area contributed by atoms with Gasteiger partial charge in [-0.3, -0.25) is 0 Å². The molecule has 0 aromatic heterocycles. The molecule has 0 saturated heterocycles. The highest BCUT2D eigenvalue weighted by Gasteiger charge is 2.14. The van der Waals surface area contributed by atoms with Gasteiger partial charge in [0.25, 0.3) is 0 Å². The Morgan fingerprint density at radius 1 is 1.33 bits per heavy atom. The molecule has 1 aromatic carbocycles. The number of hydrogen-bond acceptors (Lipinski definition) is 3. The van der Waals surface area contributed by atoms with Crippen molar-refractivity contribution in [2.24, 2.45) is 0 Å². The Balaban J connectivity index is 2.69. The molecule has 0 spiro atoms. The molecule has 1 atom stereocenters. The minimum absolute atomic E-state index is 0.234. The zero-order valence-corrected chi connectivity index (χ0v) is 12.4. The lowest BCUT2D eigenvalue weighted by molar-refractivity contribution is 0.564. The molecule has 0 amide bonds. The molecule has 102 valence electrons. The summed E-state index contributed by atoms with van der Waals surface area (Å²) in [6.07, 6.45) is 2.75. The third kappa shape index (κ3) is 5.38. The van der Waals surface area contributed by atoms with Gasteiger partial charge in [-0.1, -0.05) is 29.8 Å². The number of hydrogen-bond donors (Lipinski definition) is 1. The molecule has 0 aliphatic rings. The average Bonchev–Trinajstić information content (AvgIpc) is 2.27. The van der Waals surface area contributed by atoms with E-state index in [0.29, 0.717) is 6.42 Å². The number of rotatable bonds is 7. The maximum atomic E-state index is 11.1. The van der Waals surface area contributed by atoms with Crippen LogP contribution in [0.25, 0.3) is 0 Å². The van der Waals surface area contributed by atoms with Gasteiger partial charge in [0.15, 0.2) is 0 Å². The molecular weight excluding hydrogens is 270 g/mol. The highest BCUT2D eigenvalue weighted by molar-refractivity contribution is 7.90. The Morgan fingerprint density at radius 3 is 2.56 bits per heavy atom. The predicted octanol–water partition coefficient (Wildman–Crippen LogP) is 2.47. The summed E-state index contributed by atoms with van der Waals surface area (Å²) in [5, 5.41) is 3.88. The first kappa shape index (κ1) is 15.5. The van der Waals surface area contributed by atoms with E-state index in [2.05, 4.69) is 5.32 Å². The fourth-order valence-corrected chi connectivity index (χ4v) is 2.99. The largest absolute Gasteiger partial charge is 0.319 e. The molecule has 3 nitrogen and oxygen atoms in total. The number of likely N-dealkylation sites (N-methyl/N-ethyl adjacent to an activating group) is 1. The van der Waals surface area contributed by atoms with Gasteiger partial charge in [-0.05, 0) is 37.4 Å². The lowest BCUT2D eigenvalue weighted by atomic mass is 9.94. The van der Waals surface area contributed by atoms with Crippen LogP contribution in [0.15, 0.2) is 24.3 Å². The van der Waals surface area contributed by atoms with E-state index in [1.807, 2.05) is 31.3 Å². The molecule has 5 heteroatoms. The highest BCUT2D eigenvalue weighted by atomic mass is 35.5. The molecule has 0 fully saturated rings. The number of benzene rings is 1. The summed E-state index contributed by atoms with van der Waals surface area (Å²) >= 11 is 6.18. The standard InChI is InChI=1S/C13H20ClNO2S/c1-15-10-11(6-5-9-18(2,16)17)12-7-3-4-8-13(12)14/h3-4,7-8,11,15H,5-6,9-10H2,1-2H3. The van der Waals surface area contributed by atoms with Crippen LogP contribution >= 0.6 is 11.6 Å². The minimum Gasteiger partial charge on any atom is -0.319 e. The molecule has 1 N–H and O–H groups in total. The molecule has 0 heterocycles. The molecule has 0 radical (unpaired) electrons. The first-order valence-electron chi connectivity index (χ1n) is 6.01. The van der Waals surface area contributed by atoms with Crippen LogP contribution in [0.1, 0.15) is 24.3 Å². The van der Waals surface area contributed by atoms with Gasteiger partial charge < -0.3 is 5.32 Å². The van der Waals surface area contributed by atoms with Gasteiger partial charge in [0.05, 0.1) is 0 Å². The second-order valence-electron chi connectivity index (χ2n) is 4.55. The monoisotopic (exact) mass is 289 g/mol. The molecule has 1 aromatic rings. The van der Waals surface area contributed by atoms with Crippen molar-refractivity contribution in [3.8, 4) is 0 Å². The van der Waals surface area contributed by atoms with E-state index in [0.717, 1.165) is 23.6 Å². The Morgan fingerprint density at radius 2 is 2.00 bits per heavy atom. The van der Waals surface area contributed by atoms with E-state index in [4.69, 9.17) is 11.6 Å². The zero-order chi connectivity index (χ0) is 13.6. The van der Waals surface area contributed by atoms with Crippen LogP contribution in [-0.2, 0) is 9.84 Å². The quantitative estimate of drug-likeness (QED) is 0.839. The lowest BCUT2D eigenvalue weighted by Gasteiger charge is -2.18. The van der Waals surface area contributed by atoms with Gasteiger partial charge in [-0.25, -0.2) is 8.42 Å². The average molecular weight is 290 g/mol. The normalized spacial score (nSPS) is 13.5. The fraction of sp³-hybridized carbons (Fsp3) is 0.538. The van der Waals surface area contributed by atoms with Gasteiger partial charge in [-0.2, -0.15) is 0 Å². The van der Waals surface area contributed by atoms with Crippen molar-refractivity contribution in [2.75, 3.05) is 25.6 Å². The van der Waals surface area contributed by atoms with Crippen LogP contribution in [0.5, 0.6) is 0 Å². The molecule has 0 saturated carbocycles. The Labute approximate surface area is 114 Å². The van der Waals surface area contributed by atoms with E-state index in [1.54, 1.807) is 0 Å². The van der Waals surface area contributed by atoms with E-state index >= 15 is 0 Å². The summed E-state index contributed by atoms with van der Waals surface area (Å²) in [6.45, 7) is 0.799. The molecule has 1 rings (SSSR count). The molecule has 18 heavy (non-hydrogen) atoms. The van der Waals surface area contributed by atoms with Crippen LogP contribution in [0.4, 0.5) is 0 Å². The van der Waals surface area contributed by atoms with Crippen LogP contribution < -0.4 is 5.32 Å². The summed E-state index contributed by atoms with van der Waals surface area (Å²) in [5.41, 5.74) is 1.09.